The van der Waals surface area contributed by atoms with Gasteiger partial charge in [0.05, 0.1) is 12.7 Å². The van der Waals surface area contributed by atoms with E-state index in [4.69, 9.17) is 4.74 Å². The van der Waals surface area contributed by atoms with Gasteiger partial charge in [-0.25, -0.2) is 0 Å². The van der Waals surface area contributed by atoms with Gasteiger partial charge >= 0.3 is 0 Å². The maximum absolute atomic E-state index is 6.26. The fraction of sp³-hybridized carbons (Fsp3) is 0.684. The quantitative estimate of drug-likeness (QED) is 0.550. The molecule has 0 amide bonds. The van der Waals surface area contributed by atoms with E-state index in [1.54, 1.807) is 0 Å². The van der Waals surface area contributed by atoms with Crippen molar-refractivity contribution in [3.05, 3.63) is 35.9 Å². The van der Waals surface area contributed by atoms with E-state index in [-0.39, 0.29) is 6.10 Å². The highest BCUT2D eigenvalue weighted by Gasteiger charge is 2.14. The Morgan fingerprint density at radius 1 is 1.05 bits per heavy atom. The zero-order valence-electron chi connectivity index (χ0n) is 14.1. The standard InChI is InChI=1S/C19H33NO/c1-4-7-11-17(6-3)16-21-19(15-20-14-5-2)18-12-9-8-10-13-18/h8-10,12-13,17,19-20H,4-7,11,14-16H2,1-3H3. The van der Waals surface area contributed by atoms with E-state index >= 15 is 0 Å². The third-order valence-corrected chi connectivity index (χ3v) is 4.00. The van der Waals surface area contributed by atoms with Crippen LogP contribution in [0.1, 0.15) is 64.5 Å². The summed E-state index contributed by atoms with van der Waals surface area (Å²) in [6.45, 7) is 9.57. The summed E-state index contributed by atoms with van der Waals surface area (Å²) in [4.78, 5) is 0. The molecule has 1 rings (SSSR count). The molecule has 0 aliphatic heterocycles. The van der Waals surface area contributed by atoms with Crippen LogP contribution in [0.25, 0.3) is 0 Å². The number of nitrogens with one attached hydrogen (secondary N) is 1. The fourth-order valence-electron chi connectivity index (χ4n) is 2.50. The van der Waals surface area contributed by atoms with Gasteiger partial charge in [0.1, 0.15) is 0 Å². The predicted molar refractivity (Wildman–Crippen MR) is 91.6 cm³/mol. The summed E-state index contributed by atoms with van der Waals surface area (Å²) < 4.78 is 6.26. The second kappa shape index (κ2) is 11.8. The van der Waals surface area contributed by atoms with E-state index < -0.39 is 0 Å². The molecule has 0 aromatic heterocycles. The molecule has 0 fully saturated rings. The summed E-state index contributed by atoms with van der Waals surface area (Å²) in [6.07, 6.45) is 6.42. The monoisotopic (exact) mass is 291 g/mol. The van der Waals surface area contributed by atoms with Gasteiger partial charge in [0.2, 0.25) is 0 Å². The van der Waals surface area contributed by atoms with Crippen molar-refractivity contribution in [2.24, 2.45) is 5.92 Å². The molecule has 0 radical (unpaired) electrons. The molecule has 2 nitrogen and oxygen atoms in total. The van der Waals surface area contributed by atoms with E-state index in [1.807, 2.05) is 0 Å². The summed E-state index contributed by atoms with van der Waals surface area (Å²) in [5.41, 5.74) is 1.28. The van der Waals surface area contributed by atoms with Gasteiger partial charge < -0.3 is 10.1 Å². The van der Waals surface area contributed by atoms with Gasteiger partial charge in [0.15, 0.2) is 0 Å². The smallest absolute Gasteiger partial charge is 0.0949 e. The summed E-state index contributed by atoms with van der Waals surface area (Å²) in [6, 6.07) is 10.6. The molecule has 21 heavy (non-hydrogen) atoms. The molecule has 0 bridgehead atoms. The summed E-state index contributed by atoms with van der Waals surface area (Å²) >= 11 is 0. The normalized spacial score (nSPS) is 14.0. The third kappa shape index (κ3) is 7.63. The van der Waals surface area contributed by atoms with Crippen LogP contribution in [0, 0.1) is 5.92 Å². The van der Waals surface area contributed by atoms with Crippen LogP contribution in [0.2, 0.25) is 0 Å². The molecule has 2 unspecified atom stereocenters. The van der Waals surface area contributed by atoms with Gasteiger partial charge in [-0.3, -0.25) is 0 Å². The van der Waals surface area contributed by atoms with Gasteiger partial charge in [-0.1, -0.05) is 70.4 Å². The molecule has 0 aliphatic carbocycles. The van der Waals surface area contributed by atoms with Crippen LogP contribution in [0.3, 0.4) is 0 Å². The average Bonchev–Trinajstić information content (AvgIpc) is 2.54. The minimum absolute atomic E-state index is 0.174. The van der Waals surface area contributed by atoms with Crippen molar-refractivity contribution in [2.45, 2.75) is 59.0 Å². The third-order valence-electron chi connectivity index (χ3n) is 4.00. The molecule has 1 N–H and O–H groups in total. The van der Waals surface area contributed by atoms with Gasteiger partial charge in [-0.05, 0) is 30.9 Å². The van der Waals surface area contributed by atoms with E-state index in [2.05, 4.69) is 56.4 Å². The average molecular weight is 291 g/mol. The van der Waals surface area contributed by atoms with Crippen molar-refractivity contribution in [3.8, 4) is 0 Å². The van der Waals surface area contributed by atoms with Crippen LogP contribution in [-0.4, -0.2) is 19.7 Å². The van der Waals surface area contributed by atoms with Crippen molar-refractivity contribution < 1.29 is 4.74 Å². The first kappa shape index (κ1) is 18.2. The number of benzene rings is 1. The van der Waals surface area contributed by atoms with E-state index in [9.17, 15) is 0 Å². The van der Waals surface area contributed by atoms with Crippen LogP contribution in [0.5, 0.6) is 0 Å². The second-order valence-electron chi connectivity index (χ2n) is 5.85. The van der Waals surface area contributed by atoms with Crippen LogP contribution >= 0.6 is 0 Å². The molecule has 0 heterocycles. The first-order chi connectivity index (χ1) is 10.3. The molecule has 2 atom stereocenters. The van der Waals surface area contributed by atoms with Crippen LogP contribution in [0.4, 0.5) is 0 Å². The Labute approximate surface area is 131 Å². The Bertz CT molecular complexity index is 339. The second-order valence-corrected chi connectivity index (χ2v) is 5.85. The lowest BCUT2D eigenvalue weighted by atomic mass is 10.0. The number of unbranched alkanes of at least 4 members (excludes halogenated alkanes) is 1. The zero-order chi connectivity index (χ0) is 15.3. The van der Waals surface area contributed by atoms with Crippen molar-refractivity contribution in [2.75, 3.05) is 19.7 Å². The molecular formula is C19H33NO. The lowest BCUT2D eigenvalue weighted by Gasteiger charge is -2.22. The highest BCUT2D eigenvalue weighted by Crippen LogP contribution is 2.20. The van der Waals surface area contributed by atoms with E-state index in [0.29, 0.717) is 5.92 Å². The van der Waals surface area contributed by atoms with Crippen molar-refractivity contribution >= 4 is 0 Å². The first-order valence-electron chi connectivity index (χ1n) is 8.69. The highest BCUT2D eigenvalue weighted by molar-refractivity contribution is 5.17. The number of hydrogen-bond donors (Lipinski definition) is 1. The molecule has 2 heteroatoms. The molecule has 0 spiro atoms. The molecule has 0 saturated carbocycles. The molecule has 1 aromatic carbocycles. The van der Waals surface area contributed by atoms with Gasteiger partial charge in [-0.15, -0.1) is 0 Å². The molecule has 0 saturated heterocycles. The fourth-order valence-corrected chi connectivity index (χ4v) is 2.50. The lowest BCUT2D eigenvalue weighted by molar-refractivity contribution is 0.0251. The topological polar surface area (TPSA) is 21.3 Å². The van der Waals surface area contributed by atoms with Gasteiger partial charge in [0.25, 0.3) is 0 Å². The Morgan fingerprint density at radius 3 is 2.43 bits per heavy atom. The van der Waals surface area contributed by atoms with Crippen molar-refractivity contribution in [1.82, 2.24) is 5.32 Å². The van der Waals surface area contributed by atoms with E-state index in [1.165, 1.54) is 31.2 Å². The minimum atomic E-state index is 0.174. The molecule has 0 aliphatic rings. The maximum Gasteiger partial charge on any atom is 0.0949 e. The number of ether oxygens (including phenoxy) is 1. The lowest BCUT2D eigenvalue weighted by Crippen LogP contribution is -2.25. The largest absolute Gasteiger partial charge is 0.372 e. The van der Waals surface area contributed by atoms with E-state index in [0.717, 1.165) is 26.1 Å². The SMILES string of the molecule is CCCCC(CC)COC(CNCCC)c1ccccc1. The van der Waals surface area contributed by atoms with Crippen LogP contribution < -0.4 is 5.32 Å². The highest BCUT2D eigenvalue weighted by atomic mass is 16.5. The van der Waals surface area contributed by atoms with Gasteiger partial charge in [0, 0.05) is 6.54 Å². The summed E-state index contributed by atoms with van der Waals surface area (Å²) in [7, 11) is 0. The van der Waals surface area contributed by atoms with Crippen LogP contribution in [-0.2, 0) is 4.74 Å². The number of hydrogen-bond acceptors (Lipinski definition) is 2. The predicted octanol–water partition coefficient (Wildman–Crippen LogP) is 4.96. The molecule has 1 aromatic rings. The first-order valence-corrected chi connectivity index (χ1v) is 8.69. The van der Waals surface area contributed by atoms with Crippen molar-refractivity contribution in [3.63, 3.8) is 0 Å². The maximum atomic E-state index is 6.26. The van der Waals surface area contributed by atoms with Crippen LogP contribution in [0.15, 0.2) is 30.3 Å². The Balaban J connectivity index is 2.51. The van der Waals surface area contributed by atoms with Gasteiger partial charge in [-0.2, -0.15) is 0 Å². The summed E-state index contributed by atoms with van der Waals surface area (Å²) in [5, 5.41) is 3.49. The molecular weight excluding hydrogens is 258 g/mol. The minimum Gasteiger partial charge on any atom is -0.372 e. The van der Waals surface area contributed by atoms with Crippen molar-refractivity contribution in [1.29, 1.82) is 0 Å². The Hall–Kier alpha value is -0.860. The summed E-state index contributed by atoms with van der Waals surface area (Å²) in [5.74, 6) is 0.697. The zero-order valence-corrected chi connectivity index (χ0v) is 14.1. The molecule has 120 valence electrons. The number of rotatable bonds is 12. The Kier molecular flexibility index (Phi) is 10.2. The Morgan fingerprint density at radius 2 is 1.81 bits per heavy atom.